The Hall–Kier alpha value is -2.02. The second-order valence-electron chi connectivity index (χ2n) is 2.73. The zero-order chi connectivity index (χ0) is 11.3. The van der Waals surface area contributed by atoms with Crippen LogP contribution in [0, 0.1) is 18.2 Å². The SMILES string of the molecule is C#CCNC(=O)c1cc(F)ccc1OC. The minimum absolute atomic E-state index is 0.0957. The molecule has 0 saturated heterocycles. The Labute approximate surface area is 87.2 Å². The monoisotopic (exact) mass is 207 g/mol. The number of ether oxygens (including phenoxy) is 1. The van der Waals surface area contributed by atoms with Gasteiger partial charge in [-0.1, -0.05) is 5.92 Å². The fraction of sp³-hybridized carbons (Fsp3) is 0.182. The lowest BCUT2D eigenvalue weighted by Gasteiger charge is -2.07. The Morgan fingerprint density at radius 3 is 3.00 bits per heavy atom. The van der Waals surface area contributed by atoms with Crippen LogP contribution in [0.1, 0.15) is 10.4 Å². The summed E-state index contributed by atoms with van der Waals surface area (Å²) in [4.78, 5) is 11.5. The number of hydrogen-bond acceptors (Lipinski definition) is 2. The van der Waals surface area contributed by atoms with E-state index in [4.69, 9.17) is 11.2 Å². The molecule has 78 valence electrons. The summed E-state index contributed by atoms with van der Waals surface area (Å²) in [6, 6.07) is 3.71. The number of methoxy groups -OCH3 is 1. The van der Waals surface area contributed by atoms with Gasteiger partial charge >= 0.3 is 0 Å². The summed E-state index contributed by atoms with van der Waals surface area (Å²) in [7, 11) is 1.41. The van der Waals surface area contributed by atoms with Crippen LogP contribution in [0.25, 0.3) is 0 Å². The van der Waals surface area contributed by atoms with Crippen LogP contribution in [-0.4, -0.2) is 19.6 Å². The normalized spacial score (nSPS) is 9.13. The maximum atomic E-state index is 12.9. The Balaban J connectivity index is 2.96. The van der Waals surface area contributed by atoms with E-state index in [9.17, 15) is 9.18 Å². The van der Waals surface area contributed by atoms with E-state index in [2.05, 4.69) is 11.2 Å². The molecule has 15 heavy (non-hydrogen) atoms. The summed E-state index contributed by atoms with van der Waals surface area (Å²) in [5.41, 5.74) is 0.132. The summed E-state index contributed by atoms with van der Waals surface area (Å²) >= 11 is 0. The van der Waals surface area contributed by atoms with E-state index < -0.39 is 11.7 Å². The highest BCUT2D eigenvalue weighted by atomic mass is 19.1. The molecule has 0 radical (unpaired) electrons. The van der Waals surface area contributed by atoms with Gasteiger partial charge in [-0.2, -0.15) is 0 Å². The maximum Gasteiger partial charge on any atom is 0.255 e. The third-order valence-corrected chi connectivity index (χ3v) is 1.76. The number of hydrogen-bond donors (Lipinski definition) is 1. The van der Waals surface area contributed by atoms with Gasteiger partial charge in [0, 0.05) is 0 Å². The molecule has 0 aromatic heterocycles. The number of amides is 1. The number of halogens is 1. The van der Waals surface area contributed by atoms with Gasteiger partial charge < -0.3 is 10.1 Å². The molecule has 0 bridgehead atoms. The predicted octanol–water partition coefficient (Wildman–Crippen LogP) is 1.20. The molecule has 3 nitrogen and oxygen atoms in total. The minimum atomic E-state index is -0.498. The smallest absolute Gasteiger partial charge is 0.255 e. The first-order valence-electron chi connectivity index (χ1n) is 4.24. The first-order valence-corrected chi connectivity index (χ1v) is 4.24. The quantitative estimate of drug-likeness (QED) is 0.756. The summed E-state index contributed by atoms with van der Waals surface area (Å²) in [6.45, 7) is 0.0957. The molecule has 0 unspecified atom stereocenters. The lowest BCUT2D eigenvalue weighted by molar-refractivity contribution is 0.0955. The number of rotatable bonds is 3. The lowest BCUT2D eigenvalue weighted by Crippen LogP contribution is -2.24. The second-order valence-corrected chi connectivity index (χ2v) is 2.73. The molecule has 0 saturated carbocycles. The molecule has 0 fully saturated rings. The van der Waals surface area contributed by atoms with Crippen molar-refractivity contribution >= 4 is 5.91 Å². The van der Waals surface area contributed by atoms with Crippen LogP contribution in [0.15, 0.2) is 18.2 Å². The molecule has 0 aliphatic carbocycles. The van der Waals surface area contributed by atoms with Crippen LogP contribution >= 0.6 is 0 Å². The van der Waals surface area contributed by atoms with Crippen LogP contribution in [0.5, 0.6) is 5.75 Å². The molecule has 1 aromatic carbocycles. The lowest BCUT2D eigenvalue weighted by atomic mass is 10.2. The molecular formula is C11H10FNO2. The number of terminal acetylenes is 1. The van der Waals surface area contributed by atoms with E-state index in [1.807, 2.05) is 0 Å². The van der Waals surface area contributed by atoms with Crippen LogP contribution in [-0.2, 0) is 0 Å². The van der Waals surface area contributed by atoms with Crippen molar-refractivity contribution in [1.82, 2.24) is 5.32 Å². The number of carbonyl (C=O) groups is 1. The summed E-state index contributed by atoms with van der Waals surface area (Å²) in [5, 5.41) is 2.43. The highest BCUT2D eigenvalue weighted by molar-refractivity contribution is 5.97. The fourth-order valence-corrected chi connectivity index (χ4v) is 1.08. The van der Waals surface area contributed by atoms with Crippen molar-refractivity contribution < 1.29 is 13.9 Å². The molecule has 0 spiro atoms. The molecule has 4 heteroatoms. The number of benzene rings is 1. The topological polar surface area (TPSA) is 38.3 Å². The Morgan fingerprint density at radius 2 is 2.40 bits per heavy atom. The van der Waals surface area contributed by atoms with E-state index in [1.165, 1.54) is 19.2 Å². The van der Waals surface area contributed by atoms with Gasteiger partial charge in [0.15, 0.2) is 0 Å². The van der Waals surface area contributed by atoms with Crippen molar-refractivity contribution in [3.05, 3.63) is 29.6 Å². The Bertz CT molecular complexity index is 410. The van der Waals surface area contributed by atoms with Crippen molar-refractivity contribution in [3.8, 4) is 18.1 Å². The van der Waals surface area contributed by atoms with Crippen molar-refractivity contribution in [2.45, 2.75) is 0 Å². The molecule has 1 amide bonds. The molecule has 0 aliphatic rings. The first kappa shape index (κ1) is 11.1. The van der Waals surface area contributed by atoms with Crippen LogP contribution in [0.4, 0.5) is 4.39 Å². The van der Waals surface area contributed by atoms with Gasteiger partial charge in [0.2, 0.25) is 0 Å². The zero-order valence-electron chi connectivity index (χ0n) is 8.21. The van der Waals surface area contributed by atoms with Crippen molar-refractivity contribution in [3.63, 3.8) is 0 Å². The second kappa shape index (κ2) is 5.01. The van der Waals surface area contributed by atoms with Gasteiger partial charge in [-0.05, 0) is 18.2 Å². The highest BCUT2D eigenvalue weighted by Gasteiger charge is 2.12. The van der Waals surface area contributed by atoms with E-state index >= 15 is 0 Å². The number of nitrogens with one attached hydrogen (secondary N) is 1. The van der Waals surface area contributed by atoms with Crippen molar-refractivity contribution in [2.75, 3.05) is 13.7 Å². The van der Waals surface area contributed by atoms with E-state index in [0.717, 1.165) is 6.07 Å². The van der Waals surface area contributed by atoms with Gasteiger partial charge in [0.1, 0.15) is 11.6 Å². The minimum Gasteiger partial charge on any atom is -0.496 e. The van der Waals surface area contributed by atoms with Crippen molar-refractivity contribution in [1.29, 1.82) is 0 Å². The third kappa shape index (κ3) is 2.71. The average molecular weight is 207 g/mol. The fourth-order valence-electron chi connectivity index (χ4n) is 1.08. The summed E-state index contributed by atoms with van der Waals surface area (Å²) in [6.07, 6.45) is 4.99. The summed E-state index contributed by atoms with van der Waals surface area (Å²) < 4.78 is 17.8. The standard InChI is InChI=1S/C11H10FNO2/c1-3-6-13-11(14)9-7-8(12)4-5-10(9)15-2/h1,4-5,7H,6H2,2H3,(H,13,14). The maximum absolute atomic E-state index is 12.9. The molecule has 1 N–H and O–H groups in total. The van der Waals surface area contributed by atoms with Gasteiger partial charge in [-0.15, -0.1) is 6.42 Å². The Kier molecular flexibility index (Phi) is 3.69. The largest absolute Gasteiger partial charge is 0.496 e. The van der Waals surface area contributed by atoms with E-state index in [0.29, 0.717) is 5.75 Å². The number of carbonyl (C=O) groups excluding carboxylic acids is 1. The molecule has 0 atom stereocenters. The summed E-state index contributed by atoms with van der Waals surface area (Å²) in [5.74, 6) is 1.61. The zero-order valence-corrected chi connectivity index (χ0v) is 8.21. The van der Waals surface area contributed by atoms with E-state index in [1.54, 1.807) is 0 Å². The molecule has 0 aliphatic heterocycles. The van der Waals surface area contributed by atoms with Gasteiger partial charge in [-0.3, -0.25) is 4.79 Å². The van der Waals surface area contributed by atoms with Gasteiger partial charge in [-0.25, -0.2) is 4.39 Å². The van der Waals surface area contributed by atoms with Gasteiger partial charge in [0.25, 0.3) is 5.91 Å². The molecule has 0 heterocycles. The molecule has 1 rings (SSSR count). The molecule has 1 aromatic rings. The van der Waals surface area contributed by atoms with Crippen LogP contribution < -0.4 is 10.1 Å². The van der Waals surface area contributed by atoms with Crippen LogP contribution in [0.3, 0.4) is 0 Å². The average Bonchev–Trinajstić information content (AvgIpc) is 2.25. The third-order valence-electron chi connectivity index (χ3n) is 1.76. The van der Waals surface area contributed by atoms with Crippen molar-refractivity contribution in [2.24, 2.45) is 0 Å². The molecular weight excluding hydrogens is 197 g/mol. The van der Waals surface area contributed by atoms with E-state index in [-0.39, 0.29) is 12.1 Å². The first-order chi connectivity index (χ1) is 7.19. The van der Waals surface area contributed by atoms with Crippen LogP contribution in [0.2, 0.25) is 0 Å². The highest BCUT2D eigenvalue weighted by Crippen LogP contribution is 2.18. The predicted molar refractivity (Wildman–Crippen MR) is 54.1 cm³/mol. The van der Waals surface area contributed by atoms with Gasteiger partial charge in [0.05, 0.1) is 19.2 Å². The Morgan fingerprint density at radius 1 is 1.67 bits per heavy atom.